The largest absolute Gasteiger partial charge is 0.396 e. The molecule has 0 bridgehead atoms. The zero-order valence-corrected chi connectivity index (χ0v) is 11.7. The van der Waals surface area contributed by atoms with E-state index in [1.54, 1.807) is 0 Å². The smallest absolute Gasteiger partial charge is 0.225 e. The molecular formula is C16H22N2O2. The topological polar surface area (TPSA) is 61.4 Å². The van der Waals surface area contributed by atoms with E-state index in [4.69, 9.17) is 5.11 Å². The zero-order valence-electron chi connectivity index (χ0n) is 11.7. The third-order valence-corrected chi connectivity index (χ3v) is 4.63. The molecular weight excluding hydrogens is 252 g/mol. The van der Waals surface area contributed by atoms with Crippen molar-refractivity contribution in [3.05, 3.63) is 29.8 Å². The summed E-state index contributed by atoms with van der Waals surface area (Å²) in [5.74, 6) is 0.144. The highest BCUT2D eigenvalue weighted by Crippen LogP contribution is 2.47. The Balaban J connectivity index is 1.54. The third-order valence-electron chi connectivity index (χ3n) is 4.63. The van der Waals surface area contributed by atoms with Crippen molar-refractivity contribution in [1.29, 1.82) is 0 Å². The van der Waals surface area contributed by atoms with Crippen molar-refractivity contribution in [3.63, 3.8) is 0 Å². The Morgan fingerprint density at radius 1 is 1.40 bits per heavy atom. The van der Waals surface area contributed by atoms with Crippen LogP contribution in [0, 0.1) is 11.3 Å². The lowest BCUT2D eigenvalue weighted by Crippen LogP contribution is -2.40. The number of benzene rings is 1. The fourth-order valence-electron chi connectivity index (χ4n) is 2.98. The van der Waals surface area contributed by atoms with Crippen molar-refractivity contribution in [2.24, 2.45) is 11.3 Å². The van der Waals surface area contributed by atoms with Gasteiger partial charge in [-0.25, -0.2) is 0 Å². The number of hydrogen-bond donors (Lipinski definition) is 3. The Morgan fingerprint density at radius 2 is 2.20 bits per heavy atom. The maximum Gasteiger partial charge on any atom is 0.225 e. The highest BCUT2D eigenvalue weighted by Gasteiger charge is 2.42. The maximum absolute atomic E-state index is 12.3. The summed E-state index contributed by atoms with van der Waals surface area (Å²) < 4.78 is 0. The molecule has 1 saturated carbocycles. The maximum atomic E-state index is 12.3. The summed E-state index contributed by atoms with van der Waals surface area (Å²) in [7, 11) is 0. The van der Waals surface area contributed by atoms with E-state index in [0.717, 1.165) is 31.4 Å². The Kier molecular flexibility index (Phi) is 3.66. The first-order chi connectivity index (χ1) is 9.72. The lowest BCUT2D eigenvalue weighted by molar-refractivity contribution is -0.124. The van der Waals surface area contributed by atoms with E-state index >= 15 is 0 Å². The highest BCUT2D eigenvalue weighted by molar-refractivity contribution is 5.80. The second-order valence-corrected chi connectivity index (χ2v) is 6.13. The molecule has 1 fully saturated rings. The van der Waals surface area contributed by atoms with Crippen LogP contribution in [0.4, 0.5) is 5.69 Å². The number of carbonyl (C=O) groups excluding carboxylic acids is 1. The molecule has 1 atom stereocenters. The van der Waals surface area contributed by atoms with Gasteiger partial charge < -0.3 is 15.7 Å². The van der Waals surface area contributed by atoms with Crippen molar-refractivity contribution in [2.45, 2.75) is 25.7 Å². The van der Waals surface area contributed by atoms with Crippen molar-refractivity contribution in [3.8, 4) is 0 Å². The zero-order chi connectivity index (χ0) is 14.0. The van der Waals surface area contributed by atoms with Crippen molar-refractivity contribution >= 4 is 11.6 Å². The van der Waals surface area contributed by atoms with Gasteiger partial charge in [0.1, 0.15) is 0 Å². The minimum absolute atomic E-state index is 0.00910. The molecule has 3 rings (SSSR count). The summed E-state index contributed by atoms with van der Waals surface area (Å²) in [5.41, 5.74) is 2.55. The first-order valence-corrected chi connectivity index (χ1v) is 7.43. The van der Waals surface area contributed by atoms with E-state index < -0.39 is 0 Å². The molecule has 4 nitrogen and oxygen atoms in total. The van der Waals surface area contributed by atoms with Gasteiger partial charge in [0.15, 0.2) is 0 Å². The van der Waals surface area contributed by atoms with E-state index in [2.05, 4.69) is 22.8 Å². The number of aliphatic hydroxyl groups is 1. The van der Waals surface area contributed by atoms with Crippen LogP contribution < -0.4 is 10.6 Å². The summed E-state index contributed by atoms with van der Waals surface area (Å²) in [6.07, 6.45) is 3.86. The van der Waals surface area contributed by atoms with Crippen LogP contribution in [0.15, 0.2) is 24.3 Å². The van der Waals surface area contributed by atoms with Crippen LogP contribution in [0.1, 0.15) is 24.8 Å². The molecule has 108 valence electrons. The Hall–Kier alpha value is -1.55. The molecule has 0 spiro atoms. The van der Waals surface area contributed by atoms with Crippen LogP contribution in [-0.2, 0) is 11.2 Å². The second-order valence-electron chi connectivity index (χ2n) is 6.13. The first-order valence-electron chi connectivity index (χ1n) is 7.43. The number of fused-ring (bicyclic) bond motifs is 1. The molecule has 1 aliphatic carbocycles. The fraction of sp³-hybridized carbons (Fsp3) is 0.562. The average Bonchev–Trinajstić information content (AvgIpc) is 3.25. The normalized spacial score (nSPS) is 22.6. The van der Waals surface area contributed by atoms with Gasteiger partial charge in [-0.3, -0.25) is 4.79 Å². The Labute approximate surface area is 119 Å². The summed E-state index contributed by atoms with van der Waals surface area (Å²) >= 11 is 0. The number of anilines is 1. The van der Waals surface area contributed by atoms with Gasteiger partial charge in [0.2, 0.25) is 5.91 Å². The monoisotopic (exact) mass is 274 g/mol. The van der Waals surface area contributed by atoms with Gasteiger partial charge in [-0.15, -0.1) is 0 Å². The van der Waals surface area contributed by atoms with Gasteiger partial charge in [0, 0.05) is 25.4 Å². The predicted molar refractivity (Wildman–Crippen MR) is 78.5 cm³/mol. The van der Waals surface area contributed by atoms with E-state index in [1.807, 2.05) is 12.1 Å². The number of hydrogen-bond acceptors (Lipinski definition) is 3. The summed E-state index contributed by atoms with van der Waals surface area (Å²) in [5, 5.41) is 15.5. The van der Waals surface area contributed by atoms with Gasteiger partial charge in [-0.2, -0.15) is 0 Å². The lowest BCUT2D eigenvalue weighted by Gasteiger charge is -2.26. The quantitative estimate of drug-likeness (QED) is 0.763. The molecule has 2 aliphatic rings. The van der Waals surface area contributed by atoms with Gasteiger partial charge in [-0.05, 0) is 42.7 Å². The molecule has 1 aromatic rings. The SMILES string of the molecule is O=C(NCC1(CCO)CC1)C1CNc2ccccc2C1. The first kappa shape index (κ1) is 13.4. The summed E-state index contributed by atoms with van der Waals surface area (Å²) in [6, 6.07) is 8.17. The molecule has 20 heavy (non-hydrogen) atoms. The van der Waals surface area contributed by atoms with Crippen LogP contribution in [0.5, 0.6) is 0 Å². The molecule has 0 saturated heterocycles. The van der Waals surface area contributed by atoms with Gasteiger partial charge >= 0.3 is 0 Å². The number of amides is 1. The third kappa shape index (κ3) is 2.80. The van der Waals surface area contributed by atoms with E-state index in [9.17, 15) is 4.79 Å². The number of carbonyl (C=O) groups is 1. The Bertz CT molecular complexity index is 497. The molecule has 3 N–H and O–H groups in total. The van der Waals surface area contributed by atoms with Gasteiger partial charge in [-0.1, -0.05) is 18.2 Å². The molecule has 4 heteroatoms. The van der Waals surface area contributed by atoms with Crippen LogP contribution in [0.2, 0.25) is 0 Å². The average molecular weight is 274 g/mol. The minimum atomic E-state index is 0.00910. The number of nitrogens with one attached hydrogen (secondary N) is 2. The van der Waals surface area contributed by atoms with Crippen molar-refractivity contribution in [1.82, 2.24) is 5.32 Å². The molecule has 0 aromatic heterocycles. The molecule has 1 aromatic carbocycles. The van der Waals surface area contributed by atoms with Crippen LogP contribution in [-0.4, -0.2) is 30.7 Å². The lowest BCUT2D eigenvalue weighted by atomic mass is 9.93. The summed E-state index contributed by atoms with van der Waals surface area (Å²) in [6.45, 7) is 1.63. The molecule has 1 amide bonds. The fourth-order valence-corrected chi connectivity index (χ4v) is 2.98. The number of rotatable bonds is 5. The van der Waals surface area contributed by atoms with Crippen LogP contribution >= 0.6 is 0 Å². The van der Waals surface area contributed by atoms with Crippen LogP contribution in [0.25, 0.3) is 0 Å². The molecule has 1 aliphatic heterocycles. The minimum Gasteiger partial charge on any atom is -0.396 e. The van der Waals surface area contributed by atoms with Crippen molar-refractivity contribution < 1.29 is 9.90 Å². The highest BCUT2D eigenvalue weighted by atomic mass is 16.3. The van der Waals surface area contributed by atoms with E-state index in [-0.39, 0.29) is 23.8 Å². The predicted octanol–water partition coefficient (Wildman–Crippen LogP) is 1.55. The van der Waals surface area contributed by atoms with E-state index in [1.165, 1.54) is 5.56 Å². The number of para-hydroxylation sites is 1. The molecule has 1 unspecified atom stereocenters. The molecule has 0 radical (unpaired) electrons. The van der Waals surface area contributed by atoms with Crippen LogP contribution in [0.3, 0.4) is 0 Å². The van der Waals surface area contributed by atoms with Gasteiger partial charge in [0.05, 0.1) is 5.92 Å². The standard InChI is InChI=1S/C16H22N2O2/c19-8-7-16(5-6-16)11-18-15(20)13-9-12-3-1-2-4-14(12)17-10-13/h1-4,13,17,19H,5-11H2,(H,18,20). The van der Waals surface area contributed by atoms with E-state index in [0.29, 0.717) is 13.1 Å². The Morgan fingerprint density at radius 3 is 2.95 bits per heavy atom. The van der Waals surface area contributed by atoms with Gasteiger partial charge in [0.25, 0.3) is 0 Å². The second kappa shape index (κ2) is 5.44. The molecule has 1 heterocycles. The number of aliphatic hydroxyl groups excluding tert-OH is 1. The van der Waals surface area contributed by atoms with Crippen molar-refractivity contribution in [2.75, 3.05) is 25.0 Å². The summed E-state index contributed by atoms with van der Waals surface area (Å²) in [4.78, 5) is 12.3.